The summed E-state index contributed by atoms with van der Waals surface area (Å²) in [5.74, 6) is 1.85. The van der Waals surface area contributed by atoms with E-state index in [4.69, 9.17) is 15.3 Å². The summed E-state index contributed by atoms with van der Waals surface area (Å²) in [7, 11) is 0. The number of rotatable bonds is 5. The van der Waals surface area contributed by atoms with Gasteiger partial charge in [0.2, 0.25) is 0 Å². The van der Waals surface area contributed by atoms with Crippen LogP contribution in [0.1, 0.15) is 43.1 Å². The predicted molar refractivity (Wildman–Crippen MR) is 59.3 cm³/mol. The molecule has 0 radical (unpaired) electrons. The van der Waals surface area contributed by atoms with Crippen molar-refractivity contribution in [2.75, 3.05) is 6.54 Å². The highest BCUT2D eigenvalue weighted by molar-refractivity contribution is 5.67. The number of furan rings is 1. The lowest BCUT2D eigenvalue weighted by atomic mass is 10.0. The summed E-state index contributed by atoms with van der Waals surface area (Å²) in [5.41, 5.74) is 5.56. The minimum Gasteiger partial charge on any atom is -0.481 e. The Bertz CT molecular complexity index is 385. The zero-order chi connectivity index (χ0) is 11.7. The van der Waals surface area contributed by atoms with Crippen LogP contribution in [0.15, 0.2) is 16.5 Å². The van der Waals surface area contributed by atoms with E-state index in [0.717, 1.165) is 5.76 Å². The van der Waals surface area contributed by atoms with Gasteiger partial charge in [0.25, 0.3) is 0 Å². The summed E-state index contributed by atoms with van der Waals surface area (Å²) >= 11 is 0. The van der Waals surface area contributed by atoms with Gasteiger partial charge in [-0.2, -0.15) is 0 Å². The van der Waals surface area contributed by atoms with Crippen molar-refractivity contribution < 1.29 is 14.3 Å². The number of carboxylic acid groups (broad SMARTS) is 1. The molecule has 1 saturated carbocycles. The zero-order valence-corrected chi connectivity index (χ0v) is 9.35. The van der Waals surface area contributed by atoms with Crippen molar-refractivity contribution in [3.05, 3.63) is 23.7 Å². The first kappa shape index (κ1) is 11.2. The number of carboxylic acids is 1. The summed E-state index contributed by atoms with van der Waals surface area (Å²) in [5, 5.41) is 8.75. The van der Waals surface area contributed by atoms with Crippen LogP contribution in [0.25, 0.3) is 0 Å². The second-order valence-corrected chi connectivity index (χ2v) is 4.59. The van der Waals surface area contributed by atoms with E-state index in [2.05, 4.69) is 6.92 Å². The number of aliphatic carboxylic acids is 1. The highest BCUT2D eigenvalue weighted by Crippen LogP contribution is 2.47. The Kier molecular flexibility index (Phi) is 3.01. The van der Waals surface area contributed by atoms with E-state index < -0.39 is 5.97 Å². The van der Waals surface area contributed by atoms with Crippen LogP contribution in [-0.4, -0.2) is 17.6 Å². The second-order valence-electron chi connectivity index (χ2n) is 4.59. The lowest BCUT2D eigenvalue weighted by Gasteiger charge is -2.08. The Hall–Kier alpha value is -1.29. The van der Waals surface area contributed by atoms with E-state index in [0.29, 0.717) is 24.1 Å². The molecule has 0 amide bonds. The van der Waals surface area contributed by atoms with Crippen molar-refractivity contribution in [2.24, 2.45) is 11.7 Å². The van der Waals surface area contributed by atoms with Crippen molar-refractivity contribution in [1.29, 1.82) is 0 Å². The number of carbonyl (C=O) groups is 1. The fourth-order valence-corrected chi connectivity index (χ4v) is 2.02. The third kappa shape index (κ3) is 2.27. The van der Waals surface area contributed by atoms with Gasteiger partial charge in [-0.1, -0.05) is 6.92 Å². The quantitative estimate of drug-likeness (QED) is 0.799. The van der Waals surface area contributed by atoms with Gasteiger partial charge in [0.05, 0.1) is 6.42 Å². The largest absolute Gasteiger partial charge is 0.481 e. The third-order valence-corrected chi connectivity index (χ3v) is 3.23. The molecule has 0 aromatic carbocycles. The number of hydrogen-bond acceptors (Lipinski definition) is 3. The Morgan fingerprint density at radius 1 is 1.69 bits per heavy atom. The van der Waals surface area contributed by atoms with Crippen LogP contribution in [0.5, 0.6) is 0 Å². The summed E-state index contributed by atoms with van der Waals surface area (Å²) < 4.78 is 5.69. The SMILES string of the molecule is CC1CC1c1ccc(C(CN)CC(=O)O)o1. The van der Waals surface area contributed by atoms with Gasteiger partial charge >= 0.3 is 5.97 Å². The first-order valence-corrected chi connectivity index (χ1v) is 5.63. The topological polar surface area (TPSA) is 76.5 Å². The Morgan fingerprint density at radius 3 is 2.88 bits per heavy atom. The fourth-order valence-electron chi connectivity index (χ4n) is 2.02. The molecular weight excluding hydrogens is 206 g/mol. The normalized spacial score (nSPS) is 25.4. The van der Waals surface area contributed by atoms with Crippen molar-refractivity contribution in [3.63, 3.8) is 0 Å². The fraction of sp³-hybridized carbons (Fsp3) is 0.583. The Labute approximate surface area is 94.4 Å². The Balaban J connectivity index is 2.07. The van der Waals surface area contributed by atoms with Gasteiger partial charge in [0.1, 0.15) is 11.5 Å². The highest BCUT2D eigenvalue weighted by atomic mass is 16.4. The summed E-state index contributed by atoms with van der Waals surface area (Å²) in [6, 6.07) is 3.81. The molecule has 1 fully saturated rings. The van der Waals surface area contributed by atoms with Crippen molar-refractivity contribution >= 4 is 5.97 Å². The monoisotopic (exact) mass is 223 g/mol. The minimum absolute atomic E-state index is 0.0314. The van der Waals surface area contributed by atoms with Gasteiger partial charge in [-0.15, -0.1) is 0 Å². The third-order valence-electron chi connectivity index (χ3n) is 3.23. The molecular formula is C12H17NO3. The average molecular weight is 223 g/mol. The molecule has 88 valence electrons. The second kappa shape index (κ2) is 4.29. The van der Waals surface area contributed by atoms with E-state index in [1.165, 1.54) is 6.42 Å². The van der Waals surface area contributed by atoms with Crippen LogP contribution in [-0.2, 0) is 4.79 Å². The molecule has 4 heteroatoms. The molecule has 0 spiro atoms. The van der Waals surface area contributed by atoms with Crippen LogP contribution in [0.2, 0.25) is 0 Å². The zero-order valence-electron chi connectivity index (χ0n) is 9.35. The Morgan fingerprint density at radius 2 is 2.38 bits per heavy atom. The molecule has 1 aromatic heterocycles. The van der Waals surface area contributed by atoms with Crippen LogP contribution in [0, 0.1) is 5.92 Å². The van der Waals surface area contributed by atoms with Crippen molar-refractivity contribution in [2.45, 2.75) is 31.6 Å². The molecule has 0 aliphatic heterocycles. The van der Waals surface area contributed by atoms with Gasteiger partial charge in [0.15, 0.2) is 0 Å². The molecule has 4 nitrogen and oxygen atoms in total. The van der Waals surface area contributed by atoms with Gasteiger partial charge in [-0.05, 0) is 24.5 Å². The molecule has 16 heavy (non-hydrogen) atoms. The first-order valence-electron chi connectivity index (χ1n) is 5.63. The van der Waals surface area contributed by atoms with Gasteiger partial charge in [-0.25, -0.2) is 0 Å². The summed E-state index contributed by atoms with van der Waals surface area (Å²) in [6.45, 7) is 2.49. The van der Waals surface area contributed by atoms with Crippen LogP contribution in [0.3, 0.4) is 0 Å². The molecule has 0 saturated heterocycles. The predicted octanol–water partition coefficient (Wildman–Crippen LogP) is 1.92. The number of hydrogen-bond donors (Lipinski definition) is 2. The molecule has 1 aliphatic rings. The van der Waals surface area contributed by atoms with Crippen molar-refractivity contribution in [3.8, 4) is 0 Å². The van der Waals surface area contributed by atoms with Crippen LogP contribution < -0.4 is 5.73 Å². The standard InChI is InChI=1S/C12H17NO3/c1-7-4-9(7)11-3-2-10(16-11)8(6-13)5-12(14)15/h2-3,7-9H,4-6,13H2,1H3,(H,14,15). The van der Waals surface area contributed by atoms with Gasteiger partial charge in [0, 0.05) is 18.4 Å². The van der Waals surface area contributed by atoms with E-state index in [1.54, 1.807) is 0 Å². The molecule has 3 unspecified atom stereocenters. The highest BCUT2D eigenvalue weighted by Gasteiger charge is 2.37. The molecule has 0 bridgehead atoms. The summed E-state index contributed by atoms with van der Waals surface area (Å²) in [6.07, 6.45) is 1.20. The summed E-state index contributed by atoms with van der Waals surface area (Å²) in [4.78, 5) is 10.6. The van der Waals surface area contributed by atoms with E-state index >= 15 is 0 Å². The van der Waals surface area contributed by atoms with Crippen LogP contribution >= 0.6 is 0 Å². The maximum atomic E-state index is 10.6. The lowest BCUT2D eigenvalue weighted by Crippen LogP contribution is -2.15. The maximum Gasteiger partial charge on any atom is 0.304 e. The molecule has 1 aliphatic carbocycles. The van der Waals surface area contributed by atoms with Gasteiger partial charge < -0.3 is 15.3 Å². The molecule has 3 atom stereocenters. The first-order chi connectivity index (χ1) is 7.61. The number of nitrogens with two attached hydrogens (primary N) is 1. The average Bonchev–Trinajstić information content (AvgIpc) is 2.79. The van der Waals surface area contributed by atoms with E-state index in [1.807, 2.05) is 12.1 Å². The van der Waals surface area contributed by atoms with Gasteiger partial charge in [-0.3, -0.25) is 4.79 Å². The maximum absolute atomic E-state index is 10.6. The minimum atomic E-state index is -0.840. The molecule has 1 heterocycles. The smallest absolute Gasteiger partial charge is 0.304 e. The molecule has 1 aromatic rings. The molecule has 2 rings (SSSR count). The van der Waals surface area contributed by atoms with Crippen molar-refractivity contribution in [1.82, 2.24) is 0 Å². The van der Waals surface area contributed by atoms with E-state index in [9.17, 15) is 4.79 Å². The van der Waals surface area contributed by atoms with Crippen LogP contribution in [0.4, 0.5) is 0 Å². The van der Waals surface area contributed by atoms with E-state index in [-0.39, 0.29) is 12.3 Å². The lowest BCUT2D eigenvalue weighted by molar-refractivity contribution is -0.137. The molecule has 3 N–H and O–H groups in total.